The van der Waals surface area contributed by atoms with Crippen LogP contribution in [-0.4, -0.2) is 48.6 Å². The lowest BCUT2D eigenvalue weighted by Gasteiger charge is -2.22. The summed E-state index contributed by atoms with van der Waals surface area (Å²) >= 11 is 0. The summed E-state index contributed by atoms with van der Waals surface area (Å²) in [7, 11) is -3.63. The zero-order valence-corrected chi connectivity index (χ0v) is 16.5. The van der Waals surface area contributed by atoms with Gasteiger partial charge in [-0.3, -0.25) is 4.79 Å². The second kappa shape index (κ2) is 7.78. The molecule has 3 N–H and O–H groups in total. The van der Waals surface area contributed by atoms with Crippen molar-refractivity contribution in [1.82, 2.24) is 4.72 Å². The smallest absolute Gasteiger partial charge is 0.307 e. The number of rotatable bonds is 7. The minimum atomic E-state index is -3.63. The number of nitrogens with one attached hydrogen (secondary N) is 1. The van der Waals surface area contributed by atoms with Crippen LogP contribution in [0.3, 0.4) is 0 Å². The molecular weight excluding hydrogens is 394 g/mol. The fourth-order valence-electron chi connectivity index (χ4n) is 4.30. The van der Waals surface area contributed by atoms with Crippen molar-refractivity contribution >= 4 is 16.0 Å². The Morgan fingerprint density at radius 2 is 1.90 bits per heavy atom. The van der Waals surface area contributed by atoms with Crippen LogP contribution in [0, 0.1) is 0 Å². The predicted molar refractivity (Wildman–Crippen MR) is 106 cm³/mol. The van der Waals surface area contributed by atoms with E-state index in [0.717, 1.165) is 11.1 Å². The van der Waals surface area contributed by atoms with Crippen LogP contribution in [0.1, 0.15) is 29.0 Å². The van der Waals surface area contributed by atoms with Crippen molar-refractivity contribution in [3.8, 4) is 5.75 Å². The highest BCUT2D eigenvalue weighted by Crippen LogP contribution is 2.48. The highest BCUT2D eigenvalue weighted by atomic mass is 32.2. The molecule has 0 amide bonds. The van der Waals surface area contributed by atoms with Gasteiger partial charge in [0, 0.05) is 23.5 Å². The van der Waals surface area contributed by atoms with E-state index in [4.69, 9.17) is 9.84 Å². The van der Waals surface area contributed by atoms with Gasteiger partial charge in [0.15, 0.2) is 0 Å². The number of hydrogen-bond acceptors (Lipinski definition) is 5. The van der Waals surface area contributed by atoms with Crippen LogP contribution in [0.15, 0.2) is 48.5 Å². The number of carbonyl (C=O) groups is 1. The molecule has 0 radical (unpaired) electrons. The monoisotopic (exact) mass is 417 g/mol. The van der Waals surface area contributed by atoms with E-state index in [2.05, 4.69) is 4.72 Å². The fraction of sp³-hybridized carbons (Fsp3) is 0.381. The first-order chi connectivity index (χ1) is 13.8. The Labute approximate surface area is 169 Å². The third kappa shape index (κ3) is 4.14. The number of fused-ring (bicyclic) bond motifs is 3. The molecule has 0 bridgehead atoms. The van der Waals surface area contributed by atoms with E-state index in [1.165, 1.54) is 0 Å². The molecule has 0 saturated heterocycles. The van der Waals surface area contributed by atoms with Crippen LogP contribution in [0.5, 0.6) is 5.75 Å². The van der Waals surface area contributed by atoms with E-state index < -0.39 is 28.1 Å². The Kier molecular flexibility index (Phi) is 5.33. The summed E-state index contributed by atoms with van der Waals surface area (Å²) in [5.41, 5.74) is 2.24. The molecule has 1 saturated carbocycles. The number of sulfonamides is 1. The number of para-hydroxylation sites is 1. The van der Waals surface area contributed by atoms with Crippen LogP contribution in [0.4, 0.5) is 0 Å². The third-order valence-corrected chi connectivity index (χ3v) is 6.96. The van der Waals surface area contributed by atoms with Gasteiger partial charge >= 0.3 is 5.97 Å². The summed E-state index contributed by atoms with van der Waals surface area (Å²) in [5.74, 6) is -0.882. The third-order valence-electron chi connectivity index (χ3n) is 5.59. The lowest BCUT2D eigenvalue weighted by molar-refractivity contribution is -0.136. The van der Waals surface area contributed by atoms with Crippen LogP contribution in [0.2, 0.25) is 0 Å². The van der Waals surface area contributed by atoms with Crippen LogP contribution in [0.25, 0.3) is 0 Å². The number of aliphatic carboxylic acids is 1. The van der Waals surface area contributed by atoms with Crippen LogP contribution < -0.4 is 9.46 Å². The lowest BCUT2D eigenvalue weighted by Crippen LogP contribution is -2.44. The summed E-state index contributed by atoms with van der Waals surface area (Å²) in [6.45, 7) is 0. The quantitative estimate of drug-likeness (QED) is 0.629. The van der Waals surface area contributed by atoms with Gasteiger partial charge in [-0.1, -0.05) is 48.5 Å². The Balaban J connectivity index is 1.53. The number of carboxylic acid groups (broad SMARTS) is 1. The number of carboxylic acids is 1. The molecule has 4 atom stereocenters. The molecule has 1 fully saturated rings. The lowest BCUT2D eigenvalue weighted by atomic mass is 9.92. The van der Waals surface area contributed by atoms with E-state index in [1.807, 2.05) is 36.4 Å². The molecule has 2 aromatic rings. The van der Waals surface area contributed by atoms with Gasteiger partial charge in [0.2, 0.25) is 10.0 Å². The van der Waals surface area contributed by atoms with E-state index >= 15 is 0 Å². The molecule has 1 aliphatic heterocycles. The van der Waals surface area contributed by atoms with Gasteiger partial charge in [0.05, 0.1) is 24.3 Å². The number of aliphatic hydroxyl groups excluding tert-OH is 1. The minimum Gasteiger partial charge on any atom is -0.489 e. The maximum Gasteiger partial charge on any atom is 0.307 e. The van der Waals surface area contributed by atoms with Crippen molar-refractivity contribution in [3.63, 3.8) is 0 Å². The van der Waals surface area contributed by atoms with Gasteiger partial charge in [-0.05, 0) is 12.0 Å². The van der Waals surface area contributed by atoms with Crippen molar-refractivity contribution in [2.75, 3.05) is 5.75 Å². The molecule has 2 aliphatic rings. The largest absolute Gasteiger partial charge is 0.489 e. The first kappa shape index (κ1) is 19.9. The van der Waals surface area contributed by atoms with E-state index in [0.29, 0.717) is 17.7 Å². The Morgan fingerprint density at radius 3 is 2.62 bits per heavy atom. The first-order valence-electron chi connectivity index (χ1n) is 9.56. The Morgan fingerprint density at radius 1 is 1.14 bits per heavy atom. The second-order valence-electron chi connectivity index (χ2n) is 7.59. The molecule has 2 aromatic carbocycles. The van der Waals surface area contributed by atoms with Crippen LogP contribution >= 0.6 is 0 Å². The van der Waals surface area contributed by atoms with Gasteiger partial charge < -0.3 is 14.9 Å². The number of benzene rings is 2. The van der Waals surface area contributed by atoms with Crippen molar-refractivity contribution in [2.45, 2.75) is 43.4 Å². The SMILES string of the molecule is O=C(O)Cc1cccc2c1OC1CC(O)C(NS(=O)(=O)CCc3ccccc3)C21. The molecule has 4 rings (SSSR count). The average Bonchev–Trinajstić information content (AvgIpc) is 3.17. The van der Waals surface area contributed by atoms with Gasteiger partial charge in [0.1, 0.15) is 11.9 Å². The molecule has 8 heteroatoms. The van der Waals surface area contributed by atoms with Gasteiger partial charge in [0.25, 0.3) is 0 Å². The molecule has 0 spiro atoms. The average molecular weight is 417 g/mol. The summed E-state index contributed by atoms with van der Waals surface area (Å²) < 4.78 is 34.0. The van der Waals surface area contributed by atoms with Gasteiger partial charge in [-0.25, -0.2) is 13.1 Å². The zero-order valence-electron chi connectivity index (χ0n) is 15.7. The van der Waals surface area contributed by atoms with E-state index in [-0.39, 0.29) is 30.6 Å². The summed E-state index contributed by atoms with van der Waals surface area (Å²) in [6, 6.07) is 13.9. The summed E-state index contributed by atoms with van der Waals surface area (Å²) in [6.07, 6.45) is -0.746. The predicted octanol–water partition coefficient (Wildman–Crippen LogP) is 1.45. The Hall–Kier alpha value is -2.42. The summed E-state index contributed by atoms with van der Waals surface area (Å²) in [5, 5.41) is 19.6. The molecule has 4 unspecified atom stereocenters. The molecular formula is C21H23NO6S. The highest BCUT2D eigenvalue weighted by molar-refractivity contribution is 7.89. The van der Waals surface area contributed by atoms with Crippen molar-refractivity contribution in [3.05, 3.63) is 65.2 Å². The number of hydrogen-bond donors (Lipinski definition) is 3. The fourth-order valence-corrected chi connectivity index (χ4v) is 5.64. The minimum absolute atomic E-state index is 0.0790. The van der Waals surface area contributed by atoms with Crippen molar-refractivity contribution < 1.29 is 28.2 Å². The van der Waals surface area contributed by atoms with Gasteiger partial charge in [-0.2, -0.15) is 0 Å². The second-order valence-corrected chi connectivity index (χ2v) is 9.46. The molecule has 1 aliphatic carbocycles. The zero-order chi connectivity index (χ0) is 20.6. The first-order valence-corrected chi connectivity index (χ1v) is 11.2. The maximum atomic E-state index is 12.7. The van der Waals surface area contributed by atoms with Crippen LogP contribution in [-0.2, 0) is 27.7 Å². The normalized spacial score (nSPS) is 25.3. The van der Waals surface area contributed by atoms with Gasteiger partial charge in [-0.15, -0.1) is 0 Å². The number of aryl methyl sites for hydroxylation is 1. The van der Waals surface area contributed by atoms with E-state index in [9.17, 15) is 18.3 Å². The number of aliphatic hydroxyl groups is 1. The summed E-state index contributed by atoms with van der Waals surface area (Å²) in [4.78, 5) is 11.1. The highest BCUT2D eigenvalue weighted by Gasteiger charge is 2.51. The Bertz CT molecular complexity index is 1010. The topological polar surface area (TPSA) is 113 Å². The molecule has 1 heterocycles. The molecule has 29 heavy (non-hydrogen) atoms. The molecule has 154 valence electrons. The van der Waals surface area contributed by atoms with Crippen molar-refractivity contribution in [1.29, 1.82) is 0 Å². The molecule has 0 aromatic heterocycles. The van der Waals surface area contributed by atoms with Crippen molar-refractivity contribution in [2.24, 2.45) is 0 Å². The van der Waals surface area contributed by atoms with E-state index in [1.54, 1.807) is 12.1 Å². The molecule has 7 nitrogen and oxygen atoms in total. The number of ether oxygens (including phenoxy) is 1. The standard InChI is InChI=1S/C21H23NO6S/c23-16-12-17-19(15-8-4-7-14(11-18(24)25)21(15)28-17)20(16)22-29(26,27)10-9-13-5-2-1-3-6-13/h1-8,16-17,19-20,22-23H,9-12H2,(H,24,25). The maximum absolute atomic E-state index is 12.7.